The molecule has 1 saturated carbocycles. The molecule has 1 aromatic heterocycles. The third-order valence-corrected chi connectivity index (χ3v) is 5.20. The van der Waals surface area contributed by atoms with Crippen molar-refractivity contribution in [2.45, 2.75) is 45.8 Å². The first-order valence-electron chi connectivity index (χ1n) is 9.04. The summed E-state index contributed by atoms with van der Waals surface area (Å²) in [7, 11) is 1.81. The number of benzene rings is 1. The smallest absolute Gasteiger partial charge is 0.317 e. The number of para-hydroxylation sites is 1. The van der Waals surface area contributed by atoms with Gasteiger partial charge in [-0.2, -0.15) is 0 Å². The molecule has 5 heteroatoms. The van der Waals surface area contributed by atoms with Gasteiger partial charge >= 0.3 is 6.03 Å². The van der Waals surface area contributed by atoms with E-state index >= 15 is 0 Å². The highest BCUT2D eigenvalue weighted by molar-refractivity contribution is 5.82. The molecule has 136 valence electrons. The maximum Gasteiger partial charge on any atom is 0.317 e. The number of urea groups is 1. The predicted molar refractivity (Wildman–Crippen MR) is 98.4 cm³/mol. The Balaban J connectivity index is 1.74. The fourth-order valence-electron chi connectivity index (χ4n) is 3.59. The normalized spacial score (nSPS) is 21.2. The SMILES string of the molecule is Cc1c(C(NC(=O)N(C)CC2CC(O)C2)C(C)C)oc2ccccc12. The van der Waals surface area contributed by atoms with E-state index in [-0.39, 0.29) is 24.1 Å². The number of nitrogens with zero attached hydrogens (tertiary/aromatic N) is 1. The molecule has 0 radical (unpaired) electrons. The zero-order valence-electron chi connectivity index (χ0n) is 15.5. The van der Waals surface area contributed by atoms with E-state index < -0.39 is 0 Å². The Hall–Kier alpha value is -2.01. The maximum atomic E-state index is 12.6. The molecular weight excluding hydrogens is 316 g/mol. The number of carbonyl (C=O) groups excluding carboxylic acids is 1. The Kier molecular flexibility index (Phi) is 5.04. The Morgan fingerprint density at radius 2 is 2.04 bits per heavy atom. The van der Waals surface area contributed by atoms with Crippen molar-refractivity contribution in [3.05, 3.63) is 35.6 Å². The second kappa shape index (κ2) is 7.08. The molecule has 1 fully saturated rings. The fraction of sp³-hybridized carbons (Fsp3) is 0.550. The van der Waals surface area contributed by atoms with Crippen LogP contribution in [0.1, 0.15) is 44.1 Å². The molecule has 0 aliphatic heterocycles. The standard InChI is InChI=1S/C20H28N2O3/c1-12(2)18(19-13(3)16-7-5-6-8-17(16)25-19)21-20(24)22(4)11-14-9-15(23)10-14/h5-8,12,14-15,18,23H,9-11H2,1-4H3,(H,21,24). The maximum absolute atomic E-state index is 12.6. The zero-order chi connectivity index (χ0) is 18.1. The van der Waals surface area contributed by atoms with Gasteiger partial charge in [0.1, 0.15) is 11.3 Å². The third-order valence-electron chi connectivity index (χ3n) is 5.20. The molecular formula is C20H28N2O3. The van der Waals surface area contributed by atoms with E-state index in [2.05, 4.69) is 19.2 Å². The summed E-state index contributed by atoms with van der Waals surface area (Å²) in [4.78, 5) is 14.3. The van der Waals surface area contributed by atoms with E-state index in [1.165, 1.54) is 0 Å². The van der Waals surface area contributed by atoms with E-state index in [1.54, 1.807) is 4.90 Å². The van der Waals surface area contributed by atoms with Crippen molar-refractivity contribution in [2.24, 2.45) is 11.8 Å². The fourth-order valence-corrected chi connectivity index (χ4v) is 3.59. The van der Waals surface area contributed by atoms with Crippen molar-refractivity contribution in [3.63, 3.8) is 0 Å². The average Bonchev–Trinajstić information content (AvgIpc) is 2.87. The van der Waals surface area contributed by atoms with Gasteiger partial charge in [0.05, 0.1) is 12.1 Å². The van der Waals surface area contributed by atoms with E-state index in [0.717, 1.165) is 35.1 Å². The lowest BCUT2D eigenvalue weighted by atomic mass is 9.82. The number of aliphatic hydroxyl groups is 1. The molecule has 0 spiro atoms. The van der Waals surface area contributed by atoms with Crippen LogP contribution in [0.25, 0.3) is 11.0 Å². The molecule has 1 aromatic carbocycles. The first-order chi connectivity index (χ1) is 11.9. The number of furan rings is 1. The van der Waals surface area contributed by atoms with E-state index in [9.17, 15) is 9.90 Å². The summed E-state index contributed by atoms with van der Waals surface area (Å²) in [5.41, 5.74) is 1.94. The Morgan fingerprint density at radius 3 is 2.64 bits per heavy atom. The average molecular weight is 344 g/mol. The van der Waals surface area contributed by atoms with Crippen LogP contribution in [0.15, 0.2) is 28.7 Å². The van der Waals surface area contributed by atoms with Crippen molar-refractivity contribution in [1.29, 1.82) is 0 Å². The molecule has 1 aliphatic carbocycles. The van der Waals surface area contributed by atoms with Gasteiger partial charge in [0.15, 0.2) is 0 Å². The highest BCUT2D eigenvalue weighted by atomic mass is 16.3. The van der Waals surface area contributed by atoms with Gasteiger partial charge in [-0.3, -0.25) is 0 Å². The van der Waals surface area contributed by atoms with Gasteiger partial charge in [-0.05, 0) is 37.7 Å². The Morgan fingerprint density at radius 1 is 1.36 bits per heavy atom. The van der Waals surface area contributed by atoms with Gasteiger partial charge in [0.2, 0.25) is 0 Å². The van der Waals surface area contributed by atoms with Crippen LogP contribution in [0.2, 0.25) is 0 Å². The summed E-state index contributed by atoms with van der Waals surface area (Å²) in [5.74, 6) is 1.44. The summed E-state index contributed by atoms with van der Waals surface area (Å²) in [6, 6.07) is 7.69. The van der Waals surface area contributed by atoms with Crippen LogP contribution in [-0.4, -0.2) is 35.7 Å². The molecule has 2 aromatic rings. The first-order valence-corrected chi connectivity index (χ1v) is 9.04. The van der Waals surface area contributed by atoms with Crippen molar-refractivity contribution >= 4 is 17.0 Å². The quantitative estimate of drug-likeness (QED) is 0.866. The predicted octanol–water partition coefficient (Wildman–Crippen LogP) is 3.85. The van der Waals surface area contributed by atoms with E-state index in [1.807, 2.05) is 38.2 Å². The van der Waals surface area contributed by atoms with Crippen molar-refractivity contribution in [2.75, 3.05) is 13.6 Å². The number of aryl methyl sites for hydroxylation is 1. The topological polar surface area (TPSA) is 65.7 Å². The molecule has 1 unspecified atom stereocenters. The minimum Gasteiger partial charge on any atom is -0.459 e. The molecule has 1 heterocycles. The Labute approximate surface area is 149 Å². The summed E-state index contributed by atoms with van der Waals surface area (Å²) >= 11 is 0. The number of aliphatic hydroxyl groups excluding tert-OH is 1. The summed E-state index contributed by atoms with van der Waals surface area (Å²) in [5, 5.41) is 13.6. The number of amides is 2. The molecule has 5 nitrogen and oxygen atoms in total. The molecule has 25 heavy (non-hydrogen) atoms. The molecule has 0 bridgehead atoms. The summed E-state index contributed by atoms with van der Waals surface area (Å²) in [6.07, 6.45) is 1.38. The molecule has 2 N–H and O–H groups in total. The lowest BCUT2D eigenvalue weighted by molar-refractivity contribution is 0.0322. The van der Waals surface area contributed by atoms with Gasteiger partial charge < -0.3 is 19.7 Å². The summed E-state index contributed by atoms with van der Waals surface area (Å²) in [6.45, 7) is 6.88. The minimum absolute atomic E-state index is 0.0973. The second-order valence-corrected chi connectivity index (χ2v) is 7.63. The molecule has 1 atom stereocenters. The van der Waals surface area contributed by atoms with Crippen LogP contribution in [0.3, 0.4) is 0 Å². The minimum atomic E-state index is -0.192. The van der Waals surface area contributed by atoms with Crippen molar-refractivity contribution in [1.82, 2.24) is 10.2 Å². The van der Waals surface area contributed by atoms with Gasteiger partial charge in [-0.1, -0.05) is 32.0 Å². The van der Waals surface area contributed by atoms with Gasteiger partial charge in [-0.25, -0.2) is 4.79 Å². The largest absolute Gasteiger partial charge is 0.459 e. The second-order valence-electron chi connectivity index (χ2n) is 7.63. The Bertz CT molecular complexity index is 746. The number of nitrogens with one attached hydrogen (secondary N) is 1. The number of carbonyl (C=O) groups is 1. The number of fused-ring (bicyclic) bond motifs is 1. The number of hydrogen-bond acceptors (Lipinski definition) is 3. The molecule has 3 rings (SSSR count). The van der Waals surface area contributed by atoms with Crippen molar-refractivity contribution < 1.29 is 14.3 Å². The monoisotopic (exact) mass is 344 g/mol. The highest BCUT2D eigenvalue weighted by Crippen LogP contribution is 2.33. The van der Waals surface area contributed by atoms with Gasteiger partial charge in [-0.15, -0.1) is 0 Å². The molecule has 1 aliphatic rings. The van der Waals surface area contributed by atoms with Crippen LogP contribution in [-0.2, 0) is 0 Å². The van der Waals surface area contributed by atoms with Crippen LogP contribution in [0, 0.1) is 18.8 Å². The number of rotatable bonds is 5. The lowest BCUT2D eigenvalue weighted by Gasteiger charge is -2.35. The van der Waals surface area contributed by atoms with E-state index in [4.69, 9.17) is 4.42 Å². The zero-order valence-corrected chi connectivity index (χ0v) is 15.5. The molecule has 2 amide bonds. The van der Waals surface area contributed by atoms with Crippen LogP contribution >= 0.6 is 0 Å². The first kappa shape index (κ1) is 17.8. The lowest BCUT2D eigenvalue weighted by Crippen LogP contribution is -2.45. The van der Waals surface area contributed by atoms with Crippen LogP contribution < -0.4 is 5.32 Å². The van der Waals surface area contributed by atoms with Crippen LogP contribution in [0.5, 0.6) is 0 Å². The van der Waals surface area contributed by atoms with Crippen molar-refractivity contribution in [3.8, 4) is 0 Å². The third kappa shape index (κ3) is 3.66. The van der Waals surface area contributed by atoms with Gasteiger partial charge in [0.25, 0.3) is 0 Å². The highest BCUT2D eigenvalue weighted by Gasteiger charge is 2.31. The van der Waals surface area contributed by atoms with E-state index in [0.29, 0.717) is 12.5 Å². The van der Waals surface area contributed by atoms with Gasteiger partial charge in [0, 0.05) is 24.5 Å². The number of hydrogen-bond donors (Lipinski definition) is 2. The summed E-state index contributed by atoms with van der Waals surface area (Å²) < 4.78 is 6.06. The molecule has 0 saturated heterocycles. The van der Waals surface area contributed by atoms with Crippen LogP contribution in [0.4, 0.5) is 4.79 Å².